The molecule has 1 aliphatic heterocycles. The molecule has 1 heterocycles. The number of benzene rings is 1. The van der Waals surface area contributed by atoms with Crippen LogP contribution in [0.1, 0.15) is 29.6 Å². The monoisotopic (exact) mass is 275 g/mol. The van der Waals surface area contributed by atoms with Gasteiger partial charge >= 0.3 is 0 Å². The van der Waals surface area contributed by atoms with Crippen molar-refractivity contribution in [3.05, 3.63) is 23.8 Å². The molecule has 0 amide bonds. The number of ketones is 1. The smallest absolute Gasteiger partial charge is 0.170 e. The fourth-order valence-electron chi connectivity index (χ4n) is 3.39. The molecule has 108 valence electrons. The van der Waals surface area contributed by atoms with Crippen molar-refractivity contribution in [1.82, 2.24) is 5.32 Å². The van der Waals surface area contributed by atoms with Gasteiger partial charge in [0, 0.05) is 5.92 Å². The van der Waals surface area contributed by atoms with Crippen LogP contribution in [0.5, 0.6) is 11.5 Å². The van der Waals surface area contributed by atoms with Gasteiger partial charge in [-0.2, -0.15) is 0 Å². The summed E-state index contributed by atoms with van der Waals surface area (Å²) in [6.45, 7) is 2.05. The van der Waals surface area contributed by atoms with Crippen LogP contribution in [0.3, 0.4) is 0 Å². The maximum absolute atomic E-state index is 12.8. The molecule has 1 atom stereocenters. The van der Waals surface area contributed by atoms with E-state index in [9.17, 15) is 4.79 Å². The molecule has 1 aromatic rings. The molecule has 1 N–H and O–H groups in total. The summed E-state index contributed by atoms with van der Waals surface area (Å²) in [6, 6.07) is 5.43. The third kappa shape index (κ3) is 2.18. The molecule has 1 saturated carbocycles. The number of piperidine rings is 1. The van der Waals surface area contributed by atoms with E-state index in [2.05, 4.69) is 5.32 Å². The van der Waals surface area contributed by atoms with Gasteiger partial charge in [0.25, 0.3) is 0 Å². The van der Waals surface area contributed by atoms with E-state index in [1.807, 2.05) is 12.1 Å². The molecular formula is C16H21NO3. The molecule has 3 rings (SSSR count). The van der Waals surface area contributed by atoms with E-state index < -0.39 is 0 Å². The van der Waals surface area contributed by atoms with Gasteiger partial charge in [-0.1, -0.05) is 0 Å². The molecule has 0 radical (unpaired) electrons. The number of hydrogen-bond donors (Lipinski definition) is 1. The molecular weight excluding hydrogens is 254 g/mol. The number of methoxy groups -OCH3 is 2. The van der Waals surface area contributed by atoms with Gasteiger partial charge in [-0.05, 0) is 56.0 Å². The molecule has 4 heteroatoms. The molecule has 1 saturated heterocycles. The summed E-state index contributed by atoms with van der Waals surface area (Å²) in [5.74, 6) is 1.72. The van der Waals surface area contributed by atoms with Gasteiger partial charge in [0.2, 0.25) is 0 Å². The van der Waals surface area contributed by atoms with Gasteiger partial charge < -0.3 is 14.8 Å². The predicted molar refractivity (Wildman–Crippen MR) is 76.5 cm³/mol. The van der Waals surface area contributed by atoms with Gasteiger partial charge in [0.15, 0.2) is 5.78 Å². The second-order valence-corrected chi connectivity index (χ2v) is 5.80. The minimum atomic E-state index is 0.158. The Balaban J connectivity index is 1.84. The van der Waals surface area contributed by atoms with Crippen LogP contribution in [0.2, 0.25) is 0 Å². The lowest BCUT2D eigenvalue weighted by Crippen LogP contribution is -2.30. The van der Waals surface area contributed by atoms with Crippen LogP contribution >= 0.6 is 0 Å². The minimum absolute atomic E-state index is 0.158. The minimum Gasteiger partial charge on any atom is -0.497 e. The Kier molecular flexibility index (Phi) is 3.42. The number of carbonyl (C=O) groups excluding carboxylic acids is 1. The number of carbonyl (C=O) groups is 1. The second kappa shape index (κ2) is 5.09. The van der Waals surface area contributed by atoms with Crippen molar-refractivity contribution < 1.29 is 14.3 Å². The lowest BCUT2D eigenvalue weighted by molar-refractivity contribution is 0.0937. The fourth-order valence-corrected chi connectivity index (χ4v) is 3.39. The Morgan fingerprint density at radius 3 is 2.65 bits per heavy atom. The summed E-state index contributed by atoms with van der Waals surface area (Å²) < 4.78 is 10.6. The molecule has 2 aliphatic rings. The molecule has 20 heavy (non-hydrogen) atoms. The number of hydrogen-bond acceptors (Lipinski definition) is 4. The van der Waals surface area contributed by atoms with Crippen molar-refractivity contribution in [3.8, 4) is 11.5 Å². The molecule has 1 aliphatic carbocycles. The average Bonchev–Trinajstić information content (AvgIpc) is 3.19. The molecule has 1 unspecified atom stereocenters. The van der Waals surface area contributed by atoms with E-state index in [4.69, 9.17) is 9.47 Å². The second-order valence-electron chi connectivity index (χ2n) is 5.80. The van der Waals surface area contributed by atoms with Crippen molar-refractivity contribution in [2.24, 2.45) is 11.3 Å². The Labute approximate surface area is 119 Å². The van der Waals surface area contributed by atoms with Gasteiger partial charge in [0.1, 0.15) is 11.5 Å². The summed E-state index contributed by atoms with van der Waals surface area (Å²) in [6.07, 6.45) is 3.24. The highest BCUT2D eigenvalue weighted by Gasteiger charge is 2.57. The lowest BCUT2D eigenvalue weighted by atomic mass is 9.89. The van der Waals surface area contributed by atoms with Crippen LogP contribution in [0, 0.1) is 11.3 Å². The molecule has 4 nitrogen and oxygen atoms in total. The zero-order valence-corrected chi connectivity index (χ0v) is 12.1. The quantitative estimate of drug-likeness (QED) is 0.856. The summed E-state index contributed by atoms with van der Waals surface area (Å²) in [7, 11) is 3.22. The highest BCUT2D eigenvalue weighted by molar-refractivity contribution is 6.02. The Hall–Kier alpha value is -1.55. The van der Waals surface area contributed by atoms with Gasteiger partial charge in [-0.15, -0.1) is 0 Å². The summed E-state index contributed by atoms with van der Waals surface area (Å²) in [4.78, 5) is 12.8. The van der Waals surface area contributed by atoms with Crippen molar-refractivity contribution in [3.63, 3.8) is 0 Å². The van der Waals surface area contributed by atoms with Gasteiger partial charge in [-0.25, -0.2) is 0 Å². The third-order valence-corrected chi connectivity index (χ3v) is 4.78. The van der Waals surface area contributed by atoms with Crippen LogP contribution in [0.25, 0.3) is 0 Å². The SMILES string of the molecule is COc1ccc(OC)c(C(=O)C2CC23CCNCC3)c1. The largest absolute Gasteiger partial charge is 0.497 e. The van der Waals surface area contributed by atoms with Crippen LogP contribution in [-0.4, -0.2) is 33.1 Å². The van der Waals surface area contributed by atoms with Crippen molar-refractivity contribution in [2.75, 3.05) is 27.3 Å². The van der Waals surface area contributed by atoms with Crippen LogP contribution < -0.4 is 14.8 Å². The zero-order valence-electron chi connectivity index (χ0n) is 12.1. The molecule has 2 fully saturated rings. The first-order valence-electron chi connectivity index (χ1n) is 7.17. The van der Waals surface area contributed by atoms with Crippen molar-refractivity contribution in [1.29, 1.82) is 0 Å². The first-order chi connectivity index (χ1) is 9.70. The first kappa shape index (κ1) is 13.4. The Bertz CT molecular complexity index is 520. The first-order valence-corrected chi connectivity index (χ1v) is 7.17. The van der Waals surface area contributed by atoms with Gasteiger partial charge in [-0.3, -0.25) is 4.79 Å². The molecule has 1 spiro atoms. The van der Waals surface area contributed by atoms with Crippen LogP contribution in [0.15, 0.2) is 18.2 Å². The normalized spacial score (nSPS) is 23.4. The van der Waals surface area contributed by atoms with E-state index in [0.717, 1.165) is 32.4 Å². The highest BCUT2D eigenvalue weighted by atomic mass is 16.5. The molecule has 0 bridgehead atoms. The summed E-state index contributed by atoms with van der Waals surface area (Å²) in [5.41, 5.74) is 0.906. The Morgan fingerprint density at radius 1 is 1.25 bits per heavy atom. The number of Topliss-reactive ketones (excluding diaryl/α,β-unsaturated/α-hetero) is 1. The average molecular weight is 275 g/mol. The highest BCUT2D eigenvalue weighted by Crippen LogP contribution is 2.60. The number of rotatable bonds is 4. The van der Waals surface area contributed by atoms with E-state index in [0.29, 0.717) is 17.1 Å². The predicted octanol–water partition coefficient (Wildman–Crippen LogP) is 2.28. The molecule has 1 aromatic carbocycles. The fraction of sp³-hybridized carbons (Fsp3) is 0.562. The van der Waals surface area contributed by atoms with E-state index >= 15 is 0 Å². The van der Waals surface area contributed by atoms with Gasteiger partial charge in [0.05, 0.1) is 19.8 Å². The maximum atomic E-state index is 12.8. The Morgan fingerprint density at radius 2 is 2.00 bits per heavy atom. The topological polar surface area (TPSA) is 47.6 Å². The van der Waals surface area contributed by atoms with E-state index in [-0.39, 0.29) is 17.1 Å². The standard InChI is InChI=1S/C16H21NO3/c1-19-11-3-4-14(20-2)12(9-11)15(18)13-10-16(13)5-7-17-8-6-16/h3-4,9,13,17H,5-8,10H2,1-2H3. The van der Waals surface area contributed by atoms with Crippen molar-refractivity contribution >= 4 is 5.78 Å². The number of nitrogens with one attached hydrogen (secondary N) is 1. The van der Waals surface area contributed by atoms with E-state index in [1.165, 1.54) is 0 Å². The lowest BCUT2D eigenvalue weighted by Gasteiger charge is -2.23. The van der Waals surface area contributed by atoms with Crippen molar-refractivity contribution in [2.45, 2.75) is 19.3 Å². The summed E-state index contributed by atoms with van der Waals surface area (Å²) >= 11 is 0. The zero-order chi connectivity index (χ0) is 14.2. The third-order valence-electron chi connectivity index (χ3n) is 4.78. The molecule has 0 aromatic heterocycles. The van der Waals surface area contributed by atoms with Crippen LogP contribution in [0.4, 0.5) is 0 Å². The maximum Gasteiger partial charge on any atom is 0.170 e. The number of ether oxygens (including phenoxy) is 2. The summed E-state index contributed by atoms with van der Waals surface area (Å²) in [5, 5.41) is 3.36. The van der Waals surface area contributed by atoms with E-state index in [1.54, 1.807) is 20.3 Å². The van der Waals surface area contributed by atoms with Crippen LogP contribution in [-0.2, 0) is 0 Å².